The molecule has 0 saturated carbocycles. The second-order valence-electron chi connectivity index (χ2n) is 6.53. The molecule has 3 rings (SSSR count). The van der Waals surface area contributed by atoms with E-state index in [1.54, 1.807) is 12.1 Å². The summed E-state index contributed by atoms with van der Waals surface area (Å²) in [6.45, 7) is -0.138. The van der Waals surface area contributed by atoms with Crippen LogP contribution in [-0.2, 0) is 11.3 Å². The zero-order chi connectivity index (χ0) is 20.9. The number of benzene rings is 3. The molecular weight excluding hydrogens is 381 g/mol. The van der Waals surface area contributed by atoms with Gasteiger partial charge in [-0.05, 0) is 28.5 Å². The highest BCUT2D eigenvalue weighted by Crippen LogP contribution is 2.18. The van der Waals surface area contributed by atoms with Crippen molar-refractivity contribution in [2.45, 2.75) is 12.7 Å². The lowest BCUT2D eigenvalue weighted by molar-refractivity contribution is -0.173. The van der Waals surface area contributed by atoms with Gasteiger partial charge in [-0.1, -0.05) is 60.7 Å². The highest BCUT2D eigenvalue weighted by molar-refractivity contribution is 5.98. The predicted molar refractivity (Wildman–Crippen MR) is 104 cm³/mol. The van der Waals surface area contributed by atoms with Crippen molar-refractivity contribution < 1.29 is 22.8 Å². The molecule has 1 N–H and O–H groups in total. The van der Waals surface area contributed by atoms with Crippen molar-refractivity contribution in [3.05, 3.63) is 83.9 Å². The Hall–Kier alpha value is -3.35. The van der Waals surface area contributed by atoms with Gasteiger partial charge in [-0.25, -0.2) is 0 Å². The Labute approximate surface area is 165 Å². The maximum atomic E-state index is 13.1. The van der Waals surface area contributed by atoms with E-state index in [9.17, 15) is 22.8 Å². The van der Waals surface area contributed by atoms with Crippen LogP contribution in [0.25, 0.3) is 10.8 Å². The van der Waals surface area contributed by atoms with E-state index in [4.69, 9.17) is 0 Å². The maximum absolute atomic E-state index is 13.1. The van der Waals surface area contributed by atoms with Gasteiger partial charge in [0.25, 0.3) is 5.91 Å². The Balaban J connectivity index is 1.78. The zero-order valence-electron chi connectivity index (χ0n) is 15.4. The van der Waals surface area contributed by atoms with Crippen LogP contribution in [0, 0.1) is 0 Å². The fourth-order valence-electron chi connectivity index (χ4n) is 2.97. The molecule has 0 atom stereocenters. The summed E-state index contributed by atoms with van der Waals surface area (Å²) in [5, 5.41) is 3.69. The molecule has 0 saturated heterocycles. The van der Waals surface area contributed by atoms with E-state index in [0.717, 1.165) is 16.3 Å². The number of hydrogen-bond donors (Lipinski definition) is 1. The van der Waals surface area contributed by atoms with Crippen molar-refractivity contribution in [1.29, 1.82) is 0 Å². The number of amides is 2. The number of carbonyl (C=O) groups is 2. The van der Waals surface area contributed by atoms with Crippen LogP contribution in [0.15, 0.2) is 72.8 Å². The minimum Gasteiger partial charge on any atom is -0.346 e. The van der Waals surface area contributed by atoms with Crippen molar-refractivity contribution in [3.63, 3.8) is 0 Å². The highest BCUT2D eigenvalue weighted by atomic mass is 19.4. The summed E-state index contributed by atoms with van der Waals surface area (Å²) in [5.74, 6) is -2.34. The average molecular weight is 400 g/mol. The first kappa shape index (κ1) is 20.4. The summed E-state index contributed by atoms with van der Waals surface area (Å²) in [7, 11) is 0. The van der Waals surface area contributed by atoms with Crippen LogP contribution in [0.3, 0.4) is 0 Å². The van der Waals surface area contributed by atoms with Gasteiger partial charge in [0.05, 0.1) is 0 Å². The lowest BCUT2D eigenvalue weighted by Crippen LogP contribution is -2.42. The maximum Gasteiger partial charge on any atom is 0.471 e. The number of halogens is 3. The molecule has 7 heteroatoms. The lowest BCUT2D eigenvalue weighted by atomic mass is 10.1. The van der Waals surface area contributed by atoms with Gasteiger partial charge >= 0.3 is 12.1 Å². The van der Waals surface area contributed by atoms with Crippen LogP contribution in [-0.4, -0.2) is 36.0 Å². The van der Waals surface area contributed by atoms with Gasteiger partial charge in [0.15, 0.2) is 0 Å². The lowest BCUT2D eigenvalue weighted by Gasteiger charge is -2.23. The molecule has 2 amide bonds. The van der Waals surface area contributed by atoms with E-state index >= 15 is 0 Å². The third kappa shape index (κ3) is 5.34. The molecule has 3 aromatic rings. The van der Waals surface area contributed by atoms with E-state index < -0.39 is 12.1 Å². The van der Waals surface area contributed by atoms with Gasteiger partial charge in [0.2, 0.25) is 0 Å². The Kier molecular flexibility index (Phi) is 6.16. The van der Waals surface area contributed by atoms with Crippen molar-refractivity contribution in [2.75, 3.05) is 13.1 Å². The minimum absolute atomic E-state index is 0.0532. The van der Waals surface area contributed by atoms with Crippen LogP contribution in [0.1, 0.15) is 15.9 Å². The SMILES string of the molecule is O=C(c1ccc2ccccc2c1)N(CCNC(=O)C(F)(F)F)Cc1ccccc1. The van der Waals surface area contributed by atoms with E-state index in [0.29, 0.717) is 5.56 Å². The predicted octanol–water partition coefficient (Wildman–Crippen LogP) is 4.16. The molecule has 0 heterocycles. The van der Waals surface area contributed by atoms with E-state index in [-0.39, 0.29) is 25.5 Å². The number of fused-ring (bicyclic) bond motifs is 1. The second kappa shape index (κ2) is 8.77. The van der Waals surface area contributed by atoms with E-state index in [1.807, 2.05) is 66.0 Å². The second-order valence-corrected chi connectivity index (χ2v) is 6.53. The summed E-state index contributed by atoms with van der Waals surface area (Å²) in [4.78, 5) is 25.5. The molecule has 0 radical (unpaired) electrons. The van der Waals surface area contributed by atoms with Gasteiger partial charge in [0.1, 0.15) is 0 Å². The Bertz CT molecular complexity index is 1000. The topological polar surface area (TPSA) is 49.4 Å². The highest BCUT2D eigenvalue weighted by Gasteiger charge is 2.38. The molecule has 4 nitrogen and oxygen atoms in total. The molecule has 3 aromatic carbocycles. The largest absolute Gasteiger partial charge is 0.471 e. The average Bonchev–Trinajstić information content (AvgIpc) is 2.72. The van der Waals surface area contributed by atoms with Crippen LogP contribution in [0.5, 0.6) is 0 Å². The molecule has 0 unspecified atom stereocenters. The molecule has 0 spiro atoms. The first-order valence-electron chi connectivity index (χ1n) is 9.01. The fraction of sp³-hybridized carbons (Fsp3) is 0.182. The van der Waals surface area contributed by atoms with Crippen LogP contribution in [0.2, 0.25) is 0 Å². The number of alkyl halides is 3. The molecule has 0 bridgehead atoms. The van der Waals surface area contributed by atoms with Crippen molar-refractivity contribution >= 4 is 22.6 Å². The standard InChI is InChI=1S/C22H19F3N2O2/c23-22(24,25)21(29)26-12-13-27(15-16-6-2-1-3-7-16)20(28)19-11-10-17-8-4-5-9-18(17)14-19/h1-11,14H,12-13,15H2,(H,26,29). The van der Waals surface area contributed by atoms with Gasteiger partial charge < -0.3 is 10.2 Å². The van der Waals surface area contributed by atoms with Crippen LogP contribution in [0.4, 0.5) is 13.2 Å². The Morgan fingerprint density at radius 2 is 1.52 bits per heavy atom. The van der Waals surface area contributed by atoms with Gasteiger partial charge in [-0.2, -0.15) is 13.2 Å². The molecule has 29 heavy (non-hydrogen) atoms. The first-order chi connectivity index (χ1) is 13.8. The molecule has 150 valence electrons. The Morgan fingerprint density at radius 1 is 0.862 bits per heavy atom. The van der Waals surface area contributed by atoms with Crippen LogP contribution < -0.4 is 5.32 Å². The minimum atomic E-state index is -4.95. The Morgan fingerprint density at radius 3 is 2.21 bits per heavy atom. The number of carbonyl (C=O) groups excluding carboxylic acids is 2. The molecular formula is C22H19F3N2O2. The zero-order valence-corrected chi connectivity index (χ0v) is 15.4. The number of nitrogens with one attached hydrogen (secondary N) is 1. The summed E-state index contributed by atoms with van der Waals surface area (Å²) in [6.07, 6.45) is -4.95. The third-order valence-corrected chi connectivity index (χ3v) is 4.42. The summed E-state index contributed by atoms with van der Waals surface area (Å²) in [6, 6.07) is 22.0. The molecule has 0 aliphatic heterocycles. The van der Waals surface area contributed by atoms with Crippen molar-refractivity contribution in [3.8, 4) is 0 Å². The van der Waals surface area contributed by atoms with Gasteiger partial charge in [-0.15, -0.1) is 0 Å². The number of nitrogens with zero attached hydrogens (tertiary/aromatic N) is 1. The number of hydrogen-bond acceptors (Lipinski definition) is 2. The molecule has 0 aliphatic carbocycles. The molecule has 0 fully saturated rings. The van der Waals surface area contributed by atoms with Crippen molar-refractivity contribution in [2.24, 2.45) is 0 Å². The van der Waals surface area contributed by atoms with E-state index in [2.05, 4.69) is 0 Å². The molecule has 0 aromatic heterocycles. The van der Waals surface area contributed by atoms with Gasteiger partial charge in [-0.3, -0.25) is 9.59 Å². The fourth-order valence-corrected chi connectivity index (χ4v) is 2.97. The summed E-state index contributed by atoms with van der Waals surface area (Å²) < 4.78 is 37.2. The normalized spacial score (nSPS) is 11.3. The number of rotatable bonds is 6. The van der Waals surface area contributed by atoms with E-state index in [1.165, 1.54) is 4.90 Å². The van der Waals surface area contributed by atoms with Crippen molar-refractivity contribution in [1.82, 2.24) is 10.2 Å². The summed E-state index contributed by atoms with van der Waals surface area (Å²) in [5.41, 5.74) is 1.27. The quantitative estimate of drug-likeness (QED) is 0.676. The molecule has 0 aliphatic rings. The van der Waals surface area contributed by atoms with Gasteiger partial charge in [0, 0.05) is 25.2 Å². The van der Waals surface area contributed by atoms with Crippen LogP contribution >= 0.6 is 0 Å². The monoisotopic (exact) mass is 400 g/mol. The first-order valence-corrected chi connectivity index (χ1v) is 9.01. The smallest absolute Gasteiger partial charge is 0.346 e. The third-order valence-electron chi connectivity index (χ3n) is 4.42. The summed E-state index contributed by atoms with van der Waals surface area (Å²) >= 11 is 0.